The highest BCUT2D eigenvalue weighted by molar-refractivity contribution is 6.00. The Hall–Kier alpha value is -2.44. The molecule has 2 aromatic heterocycles. The summed E-state index contributed by atoms with van der Waals surface area (Å²) in [5, 5.41) is 9.88. The monoisotopic (exact) mass is 287 g/mol. The topological polar surface area (TPSA) is 88.4 Å². The lowest BCUT2D eigenvalue weighted by molar-refractivity contribution is -0.122. The van der Waals surface area contributed by atoms with Gasteiger partial charge in [0, 0.05) is 30.4 Å². The molecule has 1 atom stereocenters. The van der Waals surface area contributed by atoms with Gasteiger partial charge in [0.25, 0.3) is 5.91 Å². The van der Waals surface area contributed by atoms with Gasteiger partial charge in [0.05, 0.1) is 6.20 Å². The molecule has 1 aliphatic rings. The number of nitrogens with zero attached hydrogens (tertiary/aromatic N) is 3. The number of aryl methyl sites for hydroxylation is 2. The van der Waals surface area contributed by atoms with Crippen LogP contribution in [0.4, 0.5) is 0 Å². The molecule has 2 N–H and O–H groups in total. The second-order valence-corrected chi connectivity index (χ2v) is 5.35. The van der Waals surface area contributed by atoms with Crippen LogP contribution in [0, 0.1) is 13.8 Å². The van der Waals surface area contributed by atoms with Gasteiger partial charge < -0.3 is 10.6 Å². The van der Waals surface area contributed by atoms with Crippen molar-refractivity contribution in [2.75, 3.05) is 6.54 Å². The predicted octanol–water partition coefficient (Wildman–Crippen LogP) is 0.355. The van der Waals surface area contributed by atoms with E-state index in [1.165, 1.54) is 6.20 Å². The van der Waals surface area contributed by atoms with Gasteiger partial charge in [-0.15, -0.1) is 0 Å². The first-order chi connectivity index (χ1) is 10.0. The van der Waals surface area contributed by atoms with Crippen LogP contribution < -0.4 is 10.6 Å². The van der Waals surface area contributed by atoms with Gasteiger partial charge in [0.15, 0.2) is 5.65 Å². The molecule has 1 unspecified atom stereocenters. The molecule has 0 saturated carbocycles. The Morgan fingerprint density at radius 1 is 1.48 bits per heavy atom. The highest BCUT2D eigenvalue weighted by Gasteiger charge is 2.22. The van der Waals surface area contributed by atoms with Crippen LogP contribution in [0.3, 0.4) is 0 Å². The minimum Gasteiger partial charge on any atom is -0.354 e. The lowest BCUT2D eigenvalue weighted by Gasteiger charge is -2.23. The van der Waals surface area contributed by atoms with Crippen LogP contribution in [0.5, 0.6) is 0 Å². The first-order valence-electron chi connectivity index (χ1n) is 6.94. The first-order valence-corrected chi connectivity index (χ1v) is 6.94. The van der Waals surface area contributed by atoms with Crippen molar-refractivity contribution in [2.45, 2.75) is 32.7 Å². The average Bonchev–Trinajstić information content (AvgIpc) is 2.85. The van der Waals surface area contributed by atoms with Crippen LogP contribution in [0.25, 0.3) is 5.65 Å². The van der Waals surface area contributed by atoms with E-state index in [0.717, 1.165) is 11.4 Å². The van der Waals surface area contributed by atoms with Crippen LogP contribution in [0.1, 0.15) is 34.6 Å². The van der Waals surface area contributed by atoms with Crippen LogP contribution in [0.15, 0.2) is 12.3 Å². The van der Waals surface area contributed by atoms with Crippen molar-refractivity contribution in [1.29, 1.82) is 0 Å². The van der Waals surface area contributed by atoms with E-state index < -0.39 is 0 Å². The van der Waals surface area contributed by atoms with E-state index >= 15 is 0 Å². The van der Waals surface area contributed by atoms with Crippen molar-refractivity contribution < 1.29 is 9.59 Å². The van der Waals surface area contributed by atoms with Gasteiger partial charge in [-0.05, 0) is 26.3 Å². The van der Waals surface area contributed by atoms with E-state index in [1.807, 2.05) is 19.9 Å². The van der Waals surface area contributed by atoms with Crippen LogP contribution in [0.2, 0.25) is 0 Å². The summed E-state index contributed by atoms with van der Waals surface area (Å²) in [6, 6.07) is 1.87. The highest BCUT2D eigenvalue weighted by atomic mass is 16.2. The minimum absolute atomic E-state index is 0.0319. The molecule has 21 heavy (non-hydrogen) atoms. The fourth-order valence-electron chi connectivity index (χ4n) is 2.55. The number of piperidine rings is 1. The molecule has 0 bridgehead atoms. The molecule has 7 nitrogen and oxygen atoms in total. The standard InChI is InChI=1S/C14H17N5O2/c1-8-5-9(2)19-13(17-8)11(7-16-19)14(21)18-10-3-4-12(20)15-6-10/h5,7,10H,3-4,6H2,1-2H3,(H,15,20)(H,18,21). The van der Waals surface area contributed by atoms with Gasteiger partial charge in [-0.1, -0.05) is 0 Å². The largest absolute Gasteiger partial charge is 0.354 e. The average molecular weight is 287 g/mol. The summed E-state index contributed by atoms with van der Waals surface area (Å²) in [5.41, 5.74) is 2.80. The molecule has 0 spiro atoms. The van der Waals surface area contributed by atoms with Crippen LogP contribution in [-0.4, -0.2) is 39.0 Å². The van der Waals surface area contributed by atoms with Gasteiger partial charge in [-0.2, -0.15) is 5.10 Å². The maximum Gasteiger partial charge on any atom is 0.257 e. The fraction of sp³-hybridized carbons (Fsp3) is 0.429. The van der Waals surface area contributed by atoms with Gasteiger partial charge in [-0.25, -0.2) is 9.50 Å². The molecule has 1 fully saturated rings. The summed E-state index contributed by atoms with van der Waals surface area (Å²) in [6.45, 7) is 4.28. The molecule has 110 valence electrons. The predicted molar refractivity (Wildman–Crippen MR) is 76.0 cm³/mol. The number of amides is 2. The molecule has 1 saturated heterocycles. The Morgan fingerprint density at radius 2 is 2.29 bits per heavy atom. The molecule has 3 heterocycles. The summed E-state index contributed by atoms with van der Waals surface area (Å²) in [7, 11) is 0. The Morgan fingerprint density at radius 3 is 3.00 bits per heavy atom. The third-order valence-corrected chi connectivity index (χ3v) is 3.62. The zero-order valence-corrected chi connectivity index (χ0v) is 12.0. The number of hydrogen-bond donors (Lipinski definition) is 2. The summed E-state index contributed by atoms with van der Waals surface area (Å²) in [5.74, 6) is -0.173. The van der Waals surface area contributed by atoms with E-state index in [0.29, 0.717) is 30.6 Å². The van der Waals surface area contributed by atoms with Crippen molar-refractivity contribution in [3.63, 3.8) is 0 Å². The molecule has 0 aromatic carbocycles. The summed E-state index contributed by atoms with van der Waals surface area (Å²) < 4.78 is 1.66. The molecule has 2 amide bonds. The molecule has 1 aliphatic heterocycles. The third kappa shape index (κ3) is 2.58. The molecule has 0 aliphatic carbocycles. The molecule has 3 rings (SSSR count). The second kappa shape index (κ2) is 5.16. The smallest absolute Gasteiger partial charge is 0.257 e. The van der Waals surface area contributed by atoms with E-state index in [9.17, 15) is 9.59 Å². The van der Waals surface area contributed by atoms with Crippen molar-refractivity contribution in [1.82, 2.24) is 25.2 Å². The zero-order valence-electron chi connectivity index (χ0n) is 12.0. The van der Waals surface area contributed by atoms with Crippen molar-refractivity contribution in [3.8, 4) is 0 Å². The molecular formula is C14H17N5O2. The lowest BCUT2D eigenvalue weighted by atomic mass is 10.1. The second-order valence-electron chi connectivity index (χ2n) is 5.35. The number of fused-ring (bicyclic) bond motifs is 1. The third-order valence-electron chi connectivity index (χ3n) is 3.62. The Bertz CT molecular complexity index is 711. The molecule has 2 aromatic rings. The minimum atomic E-state index is -0.205. The quantitative estimate of drug-likeness (QED) is 0.834. The van der Waals surface area contributed by atoms with E-state index in [2.05, 4.69) is 20.7 Å². The van der Waals surface area contributed by atoms with Crippen LogP contribution in [-0.2, 0) is 4.79 Å². The van der Waals surface area contributed by atoms with E-state index in [4.69, 9.17) is 0 Å². The fourth-order valence-corrected chi connectivity index (χ4v) is 2.55. The Labute approximate surface area is 121 Å². The van der Waals surface area contributed by atoms with Crippen molar-refractivity contribution in [3.05, 3.63) is 29.2 Å². The normalized spacial score (nSPS) is 18.6. The Kier molecular flexibility index (Phi) is 3.32. The number of carbonyl (C=O) groups is 2. The SMILES string of the molecule is Cc1cc(C)n2ncc(C(=O)NC3CCC(=O)NC3)c2n1. The van der Waals surface area contributed by atoms with Gasteiger partial charge in [-0.3, -0.25) is 9.59 Å². The molecule has 7 heteroatoms. The summed E-state index contributed by atoms with van der Waals surface area (Å²) in [6.07, 6.45) is 2.63. The van der Waals surface area contributed by atoms with Gasteiger partial charge in [0.2, 0.25) is 5.91 Å². The number of nitrogens with one attached hydrogen (secondary N) is 2. The zero-order chi connectivity index (χ0) is 15.0. The van der Waals surface area contributed by atoms with Crippen LogP contribution >= 0.6 is 0 Å². The van der Waals surface area contributed by atoms with Crippen molar-refractivity contribution in [2.24, 2.45) is 0 Å². The first kappa shape index (κ1) is 13.5. The maximum atomic E-state index is 12.4. The van der Waals surface area contributed by atoms with Crippen molar-refractivity contribution >= 4 is 17.5 Å². The summed E-state index contributed by atoms with van der Waals surface area (Å²) >= 11 is 0. The van der Waals surface area contributed by atoms with Gasteiger partial charge >= 0.3 is 0 Å². The maximum absolute atomic E-state index is 12.4. The number of aromatic nitrogens is 3. The number of carbonyl (C=O) groups excluding carboxylic acids is 2. The number of hydrogen-bond acceptors (Lipinski definition) is 4. The molecular weight excluding hydrogens is 270 g/mol. The van der Waals surface area contributed by atoms with E-state index in [-0.39, 0.29) is 17.9 Å². The van der Waals surface area contributed by atoms with E-state index in [1.54, 1.807) is 4.52 Å². The lowest BCUT2D eigenvalue weighted by Crippen LogP contribution is -2.47. The molecule has 0 radical (unpaired) electrons. The van der Waals surface area contributed by atoms with Gasteiger partial charge in [0.1, 0.15) is 5.56 Å². The Balaban J connectivity index is 1.83. The number of rotatable bonds is 2. The summed E-state index contributed by atoms with van der Waals surface area (Å²) in [4.78, 5) is 27.9. The highest BCUT2D eigenvalue weighted by Crippen LogP contribution is 2.13.